The van der Waals surface area contributed by atoms with Gasteiger partial charge in [-0.2, -0.15) is 5.26 Å². The van der Waals surface area contributed by atoms with Gasteiger partial charge in [0.2, 0.25) is 0 Å². The van der Waals surface area contributed by atoms with E-state index in [-0.39, 0.29) is 11.3 Å². The Hall–Kier alpha value is -2.29. The Balaban J connectivity index is 3.14. The van der Waals surface area contributed by atoms with E-state index in [1.165, 1.54) is 20.8 Å². The molecule has 1 fully saturated rings. The summed E-state index contributed by atoms with van der Waals surface area (Å²) in [5, 5.41) is 17.8. The van der Waals surface area contributed by atoms with E-state index in [4.69, 9.17) is 19.8 Å². The van der Waals surface area contributed by atoms with Gasteiger partial charge in [-0.25, -0.2) is 9.59 Å². The number of esters is 2. The Labute approximate surface area is 97.7 Å². The minimum Gasteiger partial charge on any atom is -0.511 e. The van der Waals surface area contributed by atoms with E-state index in [2.05, 4.69) is 0 Å². The number of rotatable bonds is 1. The summed E-state index contributed by atoms with van der Waals surface area (Å²) < 4.78 is 9.64. The number of nitriles is 1. The molecule has 0 aromatic heterocycles. The zero-order valence-electron chi connectivity index (χ0n) is 9.60. The molecule has 1 rings (SSSR count). The summed E-state index contributed by atoms with van der Waals surface area (Å²) in [6, 6.07) is 1.65. The molecule has 1 N–H and O–H groups in total. The molecule has 0 aromatic carbocycles. The van der Waals surface area contributed by atoms with Crippen molar-refractivity contribution >= 4 is 11.9 Å². The summed E-state index contributed by atoms with van der Waals surface area (Å²) in [5.41, 5.74) is -0.622. The van der Waals surface area contributed by atoms with Gasteiger partial charge in [0.1, 0.15) is 17.4 Å². The molecule has 0 aliphatic carbocycles. The van der Waals surface area contributed by atoms with Crippen LogP contribution in [-0.2, 0) is 19.1 Å². The summed E-state index contributed by atoms with van der Waals surface area (Å²) >= 11 is 0. The SMILES string of the molecule is C/C(O)=C(\C#N)C=C1C(=O)OC(C)(C)OC1=O. The number of nitrogens with zero attached hydrogens (tertiary/aromatic N) is 1. The minimum atomic E-state index is -1.32. The number of hydrogen-bond donors (Lipinski definition) is 1. The molecule has 1 aliphatic rings. The molecule has 0 atom stereocenters. The molecule has 0 amide bonds. The maximum Gasteiger partial charge on any atom is 0.348 e. The maximum atomic E-state index is 11.5. The van der Waals surface area contributed by atoms with Crippen molar-refractivity contribution in [3.05, 3.63) is 23.0 Å². The first-order valence-electron chi connectivity index (χ1n) is 4.75. The molecule has 6 nitrogen and oxygen atoms in total. The number of cyclic esters (lactones) is 2. The standard InChI is InChI=1S/C11H11NO5/c1-6(13)7(5-12)4-8-9(14)16-11(2,3)17-10(8)15/h4,13H,1-3H3/b7-6+. The van der Waals surface area contributed by atoms with Gasteiger partial charge in [-0.15, -0.1) is 0 Å². The second kappa shape index (κ2) is 4.29. The monoisotopic (exact) mass is 237 g/mol. The van der Waals surface area contributed by atoms with E-state index in [9.17, 15) is 9.59 Å². The highest BCUT2D eigenvalue weighted by Crippen LogP contribution is 2.23. The van der Waals surface area contributed by atoms with Crippen molar-refractivity contribution in [1.29, 1.82) is 5.26 Å². The van der Waals surface area contributed by atoms with Gasteiger partial charge >= 0.3 is 11.9 Å². The summed E-state index contributed by atoms with van der Waals surface area (Å²) in [7, 11) is 0. The second-order valence-electron chi connectivity index (χ2n) is 3.85. The van der Waals surface area contributed by atoms with Crippen LogP contribution in [0.4, 0.5) is 0 Å². The lowest BCUT2D eigenvalue weighted by Gasteiger charge is -2.29. The van der Waals surface area contributed by atoms with E-state index < -0.39 is 23.3 Å². The molecule has 1 aliphatic heterocycles. The van der Waals surface area contributed by atoms with Crippen LogP contribution in [0.1, 0.15) is 20.8 Å². The van der Waals surface area contributed by atoms with Crippen LogP contribution in [0, 0.1) is 11.3 Å². The first kappa shape index (κ1) is 12.8. The highest BCUT2D eigenvalue weighted by Gasteiger charge is 2.39. The third-order valence-electron chi connectivity index (χ3n) is 1.92. The van der Waals surface area contributed by atoms with Crippen molar-refractivity contribution in [2.24, 2.45) is 0 Å². The summed E-state index contributed by atoms with van der Waals surface area (Å²) in [5.74, 6) is -3.40. The molecule has 17 heavy (non-hydrogen) atoms. The van der Waals surface area contributed by atoms with Gasteiger partial charge in [0.05, 0.1) is 5.57 Å². The van der Waals surface area contributed by atoms with Crippen LogP contribution < -0.4 is 0 Å². The lowest BCUT2D eigenvalue weighted by atomic mass is 10.1. The van der Waals surface area contributed by atoms with Crippen LogP contribution in [0.2, 0.25) is 0 Å². The van der Waals surface area contributed by atoms with Crippen LogP contribution in [0.5, 0.6) is 0 Å². The number of hydrogen-bond acceptors (Lipinski definition) is 6. The highest BCUT2D eigenvalue weighted by molar-refractivity contribution is 6.15. The molecule has 0 unspecified atom stereocenters. The molecular weight excluding hydrogens is 226 g/mol. The number of allylic oxidation sites excluding steroid dienone is 3. The molecule has 6 heteroatoms. The Kier molecular flexibility index (Phi) is 3.23. The molecule has 0 spiro atoms. The van der Waals surface area contributed by atoms with Gasteiger partial charge in [0.25, 0.3) is 5.79 Å². The maximum absolute atomic E-state index is 11.5. The van der Waals surface area contributed by atoms with Crippen LogP contribution in [0.25, 0.3) is 0 Å². The second-order valence-corrected chi connectivity index (χ2v) is 3.85. The zero-order chi connectivity index (χ0) is 13.2. The van der Waals surface area contributed by atoms with Gasteiger partial charge in [0, 0.05) is 13.8 Å². The van der Waals surface area contributed by atoms with E-state index in [0.717, 1.165) is 6.08 Å². The number of carbonyl (C=O) groups is 2. The fourth-order valence-corrected chi connectivity index (χ4v) is 1.14. The third-order valence-corrected chi connectivity index (χ3v) is 1.92. The fourth-order valence-electron chi connectivity index (χ4n) is 1.14. The topological polar surface area (TPSA) is 96.6 Å². The molecular formula is C11H11NO5. The average molecular weight is 237 g/mol. The van der Waals surface area contributed by atoms with Crippen molar-refractivity contribution < 1.29 is 24.2 Å². The highest BCUT2D eigenvalue weighted by atomic mass is 16.7. The smallest absolute Gasteiger partial charge is 0.348 e. The number of aliphatic hydroxyl groups is 1. The van der Waals surface area contributed by atoms with Gasteiger partial charge in [0.15, 0.2) is 0 Å². The van der Waals surface area contributed by atoms with Gasteiger partial charge in [-0.3, -0.25) is 0 Å². The minimum absolute atomic E-state index is 0.200. The van der Waals surface area contributed by atoms with E-state index in [1.54, 1.807) is 6.07 Å². The largest absolute Gasteiger partial charge is 0.511 e. The molecule has 1 heterocycles. The van der Waals surface area contributed by atoms with Crippen molar-refractivity contribution in [3.63, 3.8) is 0 Å². The van der Waals surface area contributed by atoms with Crippen molar-refractivity contribution in [2.75, 3.05) is 0 Å². The molecule has 0 saturated carbocycles. The van der Waals surface area contributed by atoms with Crippen LogP contribution >= 0.6 is 0 Å². The lowest BCUT2D eigenvalue weighted by molar-refractivity contribution is -0.222. The number of carbonyl (C=O) groups excluding carboxylic acids is 2. The number of ether oxygens (including phenoxy) is 2. The summed E-state index contributed by atoms with van der Waals surface area (Å²) in [6.45, 7) is 4.09. The van der Waals surface area contributed by atoms with Crippen molar-refractivity contribution in [3.8, 4) is 6.07 Å². The van der Waals surface area contributed by atoms with Crippen molar-refractivity contribution in [1.82, 2.24) is 0 Å². The summed E-state index contributed by atoms with van der Waals surface area (Å²) in [6.07, 6.45) is 0.940. The van der Waals surface area contributed by atoms with Crippen LogP contribution in [0.15, 0.2) is 23.0 Å². The summed E-state index contributed by atoms with van der Waals surface area (Å²) in [4.78, 5) is 23.0. The first-order chi connectivity index (χ1) is 7.76. The predicted molar refractivity (Wildman–Crippen MR) is 55.3 cm³/mol. The quantitative estimate of drug-likeness (QED) is 0.241. The average Bonchev–Trinajstić information content (AvgIpc) is 2.14. The Bertz CT molecular complexity index is 453. The fraction of sp³-hybridized carbons (Fsp3) is 0.364. The molecule has 0 bridgehead atoms. The van der Waals surface area contributed by atoms with Crippen molar-refractivity contribution in [2.45, 2.75) is 26.6 Å². The van der Waals surface area contributed by atoms with E-state index >= 15 is 0 Å². The lowest BCUT2D eigenvalue weighted by Crippen LogP contribution is -2.41. The van der Waals surface area contributed by atoms with Gasteiger partial charge in [-0.05, 0) is 13.0 Å². The Morgan fingerprint density at radius 1 is 1.35 bits per heavy atom. The number of aliphatic hydroxyl groups excluding tert-OH is 1. The predicted octanol–water partition coefficient (Wildman–Crippen LogP) is 1.10. The first-order valence-corrected chi connectivity index (χ1v) is 4.75. The van der Waals surface area contributed by atoms with Crippen LogP contribution in [0.3, 0.4) is 0 Å². The van der Waals surface area contributed by atoms with Gasteiger partial charge < -0.3 is 14.6 Å². The normalized spacial score (nSPS) is 19.8. The Morgan fingerprint density at radius 2 is 1.82 bits per heavy atom. The van der Waals surface area contributed by atoms with Gasteiger partial charge in [-0.1, -0.05) is 0 Å². The van der Waals surface area contributed by atoms with E-state index in [1.807, 2.05) is 0 Å². The molecule has 90 valence electrons. The molecule has 0 radical (unpaired) electrons. The Morgan fingerprint density at radius 3 is 2.18 bits per heavy atom. The van der Waals surface area contributed by atoms with Crippen LogP contribution in [-0.4, -0.2) is 22.8 Å². The molecule has 0 aromatic rings. The molecule has 1 saturated heterocycles. The van der Waals surface area contributed by atoms with E-state index in [0.29, 0.717) is 0 Å². The third kappa shape index (κ3) is 2.84. The zero-order valence-corrected chi connectivity index (χ0v) is 9.60.